The normalized spacial score (nSPS) is 13.0. The van der Waals surface area contributed by atoms with Gasteiger partial charge in [-0.2, -0.15) is 0 Å². The van der Waals surface area contributed by atoms with Crippen molar-refractivity contribution in [2.24, 2.45) is 0 Å². The summed E-state index contributed by atoms with van der Waals surface area (Å²) < 4.78 is 14.9. The molecule has 142 valence electrons. The van der Waals surface area contributed by atoms with E-state index in [4.69, 9.17) is 0 Å². The summed E-state index contributed by atoms with van der Waals surface area (Å²) >= 11 is 0. The molecule has 0 aliphatic heterocycles. The van der Waals surface area contributed by atoms with Crippen LogP contribution < -0.4 is 5.32 Å². The molecule has 2 heterocycles. The van der Waals surface area contributed by atoms with Gasteiger partial charge in [0.2, 0.25) is 11.9 Å². The molecule has 7 nitrogen and oxygen atoms in total. The first-order valence-corrected chi connectivity index (χ1v) is 8.51. The van der Waals surface area contributed by atoms with Gasteiger partial charge in [0.05, 0.1) is 23.9 Å². The van der Waals surface area contributed by atoms with Crippen molar-refractivity contribution >= 4 is 23.0 Å². The second-order valence-corrected chi connectivity index (χ2v) is 6.95. The third-order valence-corrected chi connectivity index (χ3v) is 3.95. The van der Waals surface area contributed by atoms with E-state index >= 15 is 0 Å². The van der Waals surface area contributed by atoms with Crippen LogP contribution in [0.5, 0.6) is 0 Å². The van der Waals surface area contributed by atoms with Gasteiger partial charge in [-0.05, 0) is 57.2 Å². The monoisotopic (exact) mass is 372 g/mol. The average molecular weight is 372 g/mol. The highest BCUT2D eigenvalue weighted by Gasteiger charge is 2.22. The Labute approximate surface area is 155 Å². The Bertz CT molecular complexity index is 975. The van der Waals surface area contributed by atoms with E-state index in [1.807, 2.05) is 0 Å². The van der Waals surface area contributed by atoms with Gasteiger partial charge in [-0.25, -0.2) is 14.4 Å². The number of aliphatic hydroxyl groups is 2. The van der Waals surface area contributed by atoms with Gasteiger partial charge >= 0.3 is 0 Å². The maximum absolute atomic E-state index is 13.3. The van der Waals surface area contributed by atoms with Crippen LogP contribution in [0.1, 0.15) is 32.9 Å². The van der Waals surface area contributed by atoms with Crippen LogP contribution in [0.4, 0.5) is 10.3 Å². The fourth-order valence-corrected chi connectivity index (χ4v) is 2.66. The number of rotatable bonds is 5. The van der Waals surface area contributed by atoms with E-state index in [1.165, 1.54) is 19.1 Å². The molecule has 0 spiro atoms. The molecule has 1 atom stereocenters. The molecular weight excluding hydrogens is 351 g/mol. The van der Waals surface area contributed by atoms with Crippen LogP contribution in [0.3, 0.4) is 0 Å². The zero-order chi connectivity index (χ0) is 19.8. The van der Waals surface area contributed by atoms with Crippen LogP contribution in [0.15, 0.2) is 36.4 Å². The van der Waals surface area contributed by atoms with Crippen LogP contribution in [0, 0.1) is 5.82 Å². The van der Waals surface area contributed by atoms with Gasteiger partial charge in [0.15, 0.2) is 5.65 Å². The van der Waals surface area contributed by atoms with Crippen molar-refractivity contribution in [3.05, 3.63) is 47.9 Å². The van der Waals surface area contributed by atoms with E-state index in [9.17, 15) is 19.4 Å². The largest absolute Gasteiger partial charge is 0.393 e. The number of aliphatic hydroxyl groups excluding tert-OH is 1. The van der Waals surface area contributed by atoms with E-state index in [0.29, 0.717) is 22.5 Å². The topological polar surface area (TPSA) is 100 Å². The molecule has 3 rings (SSSR count). The summed E-state index contributed by atoms with van der Waals surface area (Å²) in [6.07, 6.45) is -0.886. The minimum absolute atomic E-state index is 0.0883. The molecule has 3 aromatic rings. The zero-order valence-corrected chi connectivity index (χ0v) is 15.3. The number of fused-ring (bicyclic) bond motifs is 1. The predicted molar refractivity (Wildman–Crippen MR) is 99.0 cm³/mol. The maximum atomic E-state index is 13.3. The summed E-state index contributed by atoms with van der Waals surface area (Å²) in [5.74, 6) is -0.609. The Hall–Kier alpha value is -2.84. The number of hydrogen-bond acceptors (Lipinski definition) is 5. The summed E-state index contributed by atoms with van der Waals surface area (Å²) in [5.41, 5.74) is 0.724. The highest BCUT2D eigenvalue weighted by molar-refractivity contribution is 5.92. The standard InChI is InChI=1S/C19H21FN4O3/c1-11(25)10-16(26)23-18-21-14-8-9-15(19(2,3)27)22-17(14)24(18)13-6-4-12(20)5-7-13/h4-9,11,25,27H,10H2,1-3H3,(H,21,23,26)/t11-/m1/s1. The molecule has 2 aromatic heterocycles. The van der Waals surface area contributed by atoms with Gasteiger partial charge in [0.25, 0.3) is 0 Å². The van der Waals surface area contributed by atoms with Crippen molar-refractivity contribution in [3.8, 4) is 5.69 Å². The molecule has 1 amide bonds. The second-order valence-electron chi connectivity index (χ2n) is 6.95. The lowest BCUT2D eigenvalue weighted by Gasteiger charge is -2.16. The summed E-state index contributed by atoms with van der Waals surface area (Å²) in [5, 5.41) is 22.3. The number of benzene rings is 1. The van der Waals surface area contributed by atoms with E-state index in [2.05, 4.69) is 15.3 Å². The van der Waals surface area contributed by atoms with Gasteiger partial charge in [0, 0.05) is 0 Å². The maximum Gasteiger partial charge on any atom is 0.229 e. The van der Waals surface area contributed by atoms with Crippen molar-refractivity contribution in [3.63, 3.8) is 0 Å². The third-order valence-electron chi connectivity index (χ3n) is 3.95. The van der Waals surface area contributed by atoms with Gasteiger partial charge in [-0.1, -0.05) is 0 Å². The van der Waals surface area contributed by atoms with E-state index in [1.54, 1.807) is 42.7 Å². The SMILES string of the molecule is C[C@@H](O)CC(=O)Nc1nc2ccc(C(C)(C)O)nc2n1-c1ccc(F)cc1. The quantitative estimate of drug-likeness (QED) is 0.639. The van der Waals surface area contributed by atoms with Crippen molar-refractivity contribution in [2.75, 3.05) is 5.32 Å². The number of amides is 1. The Balaban J connectivity index is 2.17. The number of nitrogens with one attached hydrogen (secondary N) is 1. The van der Waals surface area contributed by atoms with Crippen LogP contribution >= 0.6 is 0 Å². The molecular formula is C19H21FN4O3. The lowest BCUT2D eigenvalue weighted by atomic mass is 10.1. The molecule has 0 radical (unpaired) electrons. The van der Waals surface area contributed by atoms with Gasteiger partial charge in [0.1, 0.15) is 16.9 Å². The van der Waals surface area contributed by atoms with Crippen LogP contribution in [0.25, 0.3) is 16.9 Å². The number of nitrogens with zero attached hydrogens (tertiary/aromatic N) is 3. The highest BCUT2D eigenvalue weighted by atomic mass is 19.1. The number of carbonyl (C=O) groups excluding carboxylic acids is 1. The number of anilines is 1. The summed E-state index contributed by atoms with van der Waals surface area (Å²) in [4.78, 5) is 21.0. The van der Waals surface area contributed by atoms with E-state index < -0.39 is 23.4 Å². The smallest absolute Gasteiger partial charge is 0.229 e. The fourth-order valence-electron chi connectivity index (χ4n) is 2.66. The lowest BCUT2D eigenvalue weighted by molar-refractivity contribution is -0.117. The van der Waals surface area contributed by atoms with E-state index in [0.717, 1.165) is 0 Å². The number of carbonyl (C=O) groups is 1. The number of imidazole rings is 1. The summed E-state index contributed by atoms with van der Waals surface area (Å²) in [6, 6.07) is 9.02. The van der Waals surface area contributed by atoms with Crippen LogP contribution in [-0.4, -0.2) is 36.8 Å². The van der Waals surface area contributed by atoms with Crippen LogP contribution in [-0.2, 0) is 10.4 Å². The minimum atomic E-state index is -1.16. The van der Waals surface area contributed by atoms with Gasteiger partial charge in [-0.3, -0.25) is 14.7 Å². The molecule has 1 aromatic carbocycles. The van der Waals surface area contributed by atoms with E-state index in [-0.39, 0.29) is 12.4 Å². The first-order valence-electron chi connectivity index (χ1n) is 8.51. The number of hydrogen-bond donors (Lipinski definition) is 3. The molecule has 8 heteroatoms. The molecule has 0 saturated heterocycles. The molecule has 0 fully saturated rings. The van der Waals surface area contributed by atoms with Crippen molar-refractivity contribution in [2.45, 2.75) is 38.9 Å². The summed E-state index contributed by atoms with van der Waals surface area (Å²) in [6.45, 7) is 4.75. The Morgan fingerprint density at radius 3 is 2.48 bits per heavy atom. The Kier molecular flexibility index (Phi) is 4.95. The minimum Gasteiger partial charge on any atom is -0.393 e. The Morgan fingerprint density at radius 2 is 1.89 bits per heavy atom. The zero-order valence-electron chi connectivity index (χ0n) is 15.3. The molecule has 0 aliphatic rings. The van der Waals surface area contributed by atoms with Crippen molar-refractivity contribution in [1.82, 2.24) is 14.5 Å². The number of aromatic nitrogens is 3. The number of halogens is 1. The summed E-state index contributed by atoms with van der Waals surface area (Å²) in [7, 11) is 0. The van der Waals surface area contributed by atoms with Crippen molar-refractivity contribution in [1.29, 1.82) is 0 Å². The lowest BCUT2D eigenvalue weighted by Crippen LogP contribution is -2.20. The molecule has 0 bridgehead atoms. The molecule has 0 aliphatic carbocycles. The predicted octanol–water partition coefficient (Wildman–Crippen LogP) is 2.50. The first kappa shape index (κ1) is 18.9. The number of pyridine rings is 1. The van der Waals surface area contributed by atoms with Gasteiger partial charge < -0.3 is 10.2 Å². The molecule has 3 N–H and O–H groups in total. The van der Waals surface area contributed by atoms with Crippen LogP contribution in [0.2, 0.25) is 0 Å². The Morgan fingerprint density at radius 1 is 1.22 bits per heavy atom. The average Bonchev–Trinajstić information content (AvgIpc) is 2.91. The second kappa shape index (κ2) is 7.05. The van der Waals surface area contributed by atoms with Gasteiger partial charge in [-0.15, -0.1) is 0 Å². The highest BCUT2D eigenvalue weighted by Crippen LogP contribution is 2.27. The molecule has 0 unspecified atom stereocenters. The first-order chi connectivity index (χ1) is 12.6. The molecule has 27 heavy (non-hydrogen) atoms. The fraction of sp³-hybridized carbons (Fsp3) is 0.316. The molecule has 0 saturated carbocycles. The van der Waals surface area contributed by atoms with Crippen molar-refractivity contribution < 1.29 is 19.4 Å². The third kappa shape index (κ3) is 4.12.